The molecule has 0 bridgehead atoms. The van der Waals surface area contributed by atoms with Crippen LogP contribution in [0.25, 0.3) is 0 Å². The largest absolute Gasteiger partial charge is 0.493 e. The highest BCUT2D eigenvalue weighted by Gasteiger charge is 2.11. The van der Waals surface area contributed by atoms with Crippen molar-refractivity contribution in [2.45, 2.75) is 26.9 Å². The van der Waals surface area contributed by atoms with Gasteiger partial charge in [0.2, 0.25) is 0 Å². The lowest BCUT2D eigenvalue weighted by Gasteiger charge is -2.14. The van der Waals surface area contributed by atoms with Crippen LogP contribution in [0.3, 0.4) is 0 Å². The van der Waals surface area contributed by atoms with Gasteiger partial charge in [-0.1, -0.05) is 24.3 Å². The predicted molar refractivity (Wildman–Crippen MR) is 103 cm³/mol. The number of halogens is 1. The van der Waals surface area contributed by atoms with Crippen LogP contribution in [0.5, 0.6) is 11.5 Å². The Balaban J connectivity index is 1.99. The molecule has 0 saturated carbocycles. The molecule has 0 amide bonds. The molecule has 0 atom stereocenters. The third-order valence-electron chi connectivity index (χ3n) is 3.82. The normalized spacial score (nSPS) is 10.6. The number of benzene rings is 1. The van der Waals surface area contributed by atoms with Gasteiger partial charge in [-0.2, -0.15) is 4.98 Å². The number of nitrogens with zero attached hydrogens (tertiary/aromatic N) is 2. The molecule has 0 unspecified atom stereocenters. The molecule has 6 nitrogen and oxygen atoms in total. The van der Waals surface area contributed by atoms with E-state index in [0.717, 1.165) is 17.0 Å². The molecule has 1 heterocycles. The summed E-state index contributed by atoms with van der Waals surface area (Å²) in [7, 11) is 1.57. The first-order valence-electron chi connectivity index (χ1n) is 8.32. The topological polar surface area (TPSA) is 65.4 Å². The number of rotatable bonds is 9. The fraction of sp³-hybridized carbons (Fsp3) is 0.368. The van der Waals surface area contributed by atoms with Gasteiger partial charge in [0.1, 0.15) is 6.61 Å². The van der Waals surface area contributed by atoms with Crippen molar-refractivity contribution in [2.24, 2.45) is 0 Å². The van der Waals surface area contributed by atoms with E-state index in [1.165, 1.54) is 0 Å². The number of hydrogen-bond acceptors (Lipinski definition) is 5. The summed E-state index contributed by atoms with van der Waals surface area (Å²) in [6.07, 6.45) is 1.65. The summed E-state index contributed by atoms with van der Waals surface area (Å²) < 4.78 is 12.6. The van der Waals surface area contributed by atoms with Crippen molar-refractivity contribution in [3.05, 3.63) is 63.3 Å². The van der Waals surface area contributed by atoms with Gasteiger partial charge in [0, 0.05) is 31.0 Å². The van der Waals surface area contributed by atoms with Gasteiger partial charge in [-0.05, 0) is 37.6 Å². The molecule has 1 aromatic carbocycles. The highest BCUT2D eigenvalue weighted by molar-refractivity contribution is 6.32. The van der Waals surface area contributed by atoms with Crippen LogP contribution in [-0.2, 0) is 13.1 Å². The van der Waals surface area contributed by atoms with Crippen LogP contribution in [0.1, 0.15) is 17.0 Å². The molecule has 0 aliphatic heterocycles. The van der Waals surface area contributed by atoms with E-state index in [4.69, 9.17) is 21.1 Å². The Hall–Kier alpha value is -2.31. The second-order valence-corrected chi connectivity index (χ2v) is 6.27. The average molecular weight is 378 g/mol. The quantitative estimate of drug-likeness (QED) is 0.537. The third kappa shape index (κ3) is 5.09. The highest BCUT2D eigenvalue weighted by atomic mass is 35.5. The van der Waals surface area contributed by atoms with Crippen molar-refractivity contribution in [2.75, 3.05) is 20.3 Å². The van der Waals surface area contributed by atoms with Crippen molar-refractivity contribution in [1.82, 2.24) is 14.9 Å². The Labute approximate surface area is 158 Å². The Morgan fingerprint density at radius 1 is 1.35 bits per heavy atom. The smallest absolute Gasteiger partial charge is 0.347 e. The predicted octanol–water partition coefficient (Wildman–Crippen LogP) is 2.88. The molecule has 7 heteroatoms. The highest BCUT2D eigenvalue weighted by Crippen LogP contribution is 2.36. The second-order valence-electron chi connectivity index (χ2n) is 5.86. The molecule has 0 spiro atoms. The molecule has 26 heavy (non-hydrogen) atoms. The number of aryl methyl sites for hydroxylation is 2. The van der Waals surface area contributed by atoms with E-state index in [-0.39, 0.29) is 5.69 Å². The third-order valence-corrected chi connectivity index (χ3v) is 4.10. The maximum Gasteiger partial charge on any atom is 0.347 e. The summed E-state index contributed by atoms with van der Waals surface area (Å²) in [6.45, 7) is 9.46. The van der Waals surface area contributed by atoms with E-state index >= 15 is 0 Å². The molecule has 0 radical (unpaired) electrons. The molecule has 0 aliphatic rings. The Kier molecular flexibility index (Phi) is 7.24. The maximum absolute atomic E-state index is 11.9. The van der Waals surface area contributed by atoms with Crippen LogP contribution in [-0.4, -0.2) is 29.8 Å². The minimum absolute atomic E-state index is 0.224. The van der Waals surface area contributed by atoms with Gasteiger partial charge in [0.25, 0.3) is 0 Å². The van der Waals surface area contributed by atoms with Gasteiger partial charge >= 0.3 is 5.69 Å². The summed E-state index contributed by atoms with van der Waals surface area (Å²) in [6, 6.07) is 5.61. The van der Waals surface area contributed by atoms with Crippen molar-refractivity contribution >= 4 is 11.6 Å². The first-order chi connectivity index (χ1) is 12.5. The maximum atomic E-state index is 11.9. The van der Waals surface area contributed by atoms with Crippen LogP contribution in [0.15, 0.2) is 35.6 Å². The second kappa shape index (κ2) is 9.40. The molecule has 0 fully saturated rings. The lowest BCUT2D eigenvalue weighted by atomic mass is 10.2. The molecular formula is C19H24ClN3O3. The molecule has 2 aromatic rings. The molecule has 0 aliphatic carbocycles. The Morgan fingerprint density at radius 3 is 2.77 bits per heavy atom. The van der Waals surface area contributed by atoms with Gasteiger partial charge in [-0.25, -0.2) is 4.79 Å². The van der Waals surface area contributed by atoms with E-state index in [0.29, 0.717) is 42.8 Å². The molecule has 1 aromatic heterocycles. The van der Waals surface area contributed by atoms with Gasteiger partial charge in [0.05, 0.1) is 12.1 Å². The summed E-state index contributed by atoms with van der Waals surface area (Å²) >= 11 is 6.29. The summed E-state index contributed by atoms with van der Waals surface area (Å²) in [4.78, 5) is 15.9. The first-order valence-corrected chi connectivity index (χ1v) is 8.70. The van der Waals surface area contributed by atoms with E-state index in [2.05, 4.69) is 16.9 Å². The first kappa shape index (κ1) is 20.0. The average Bonchev–Trinajstić information content (AvgIpc) is 2.58. The zero-order chi connectivity index (χ0) is 19.1. The number of methoxy groups -OCH3 is 1. The SMILES string of the molecule is C=CCOc1c(Cl)cc(CNCCn2c(C)cc(C)nc2=O)cc1OC. The van der Waals surface area contributed by atoms with Crippen LogP contribution in [0.4, 0.5) is 0 Å². The number of nitrogens with one attached hydrogen (secondary N) is 1. The monoisotopic (exact) mass is 377 g/mol. The Bertz CT molecular complexity index is 834. The summed E-state index contributed by atoms with van der Waals surface area (Å²) in [5, 5.41) is 3.79. The van der Waals surface area contributed by atoms with Crippen LogP contribution >= 0.6 is 11.6 Å². The van der Waals surface area contributed by atoms with Crippen molar-refractivity contribution in [1.29, 1.82) is 0 Å². The minimum atomic E-state index is -0.224. The van der Waals surface area contributed by atoms with Gasteiger partial charge in [-0.3, -0.25) is 4.57 Å². The van der Waals surface area contributed by atoms with Crippen molar-refractivity contribution in [3.8, 4) is 11.5 Å². The molecule has 140 valence electrons. The van der Waals surface area contributed by atoms with E-state index in [1.807, 2.05) is 32.0 Å². The van der Waals surface area contributed by atoms with Gasteiger partial charge in [0.15, 0.2) is 11.5 Å². The Morgan fingerprint density at radius 2 is 2.12 bits per heavy atom. The van der Waals surface area contributed by atoms with Crippen LogP contribution < -0.4 is 20.5 Å². The summed E-state index contributed by atoms with van der Waals surface area (Å²) in [5.74, 6) is 1.08. The van der Waals surface area contributed by atoms with E-state index in [1.54, 1.807) is 17.8 Å². The van der Waals surface area contributed by atoms with Crippen molar-refractivity contribution < 1.29 is 9.47 Å². The van der Waals surface area contributed by atoms with Gasteiger partial charge < -0.3 is 14.8 Å². The minimum Gasteiger partial charge on any atom is -0.493 e. The fourth-order valence-electron chi connectivity index (χ4n) is 2.63. The zero-order valence-electron chi connectivity index (χ0n) is 15.3. The molecule has 0 saturated heterocycles. The lowest BCUT2D eigenvalue weighted by Crippen LogP contribution is -2.30. The van der Waals surface area contributed by atoms with Crippen molar-refractivity contribution in [3.63, 3.8) is 0 Å². The zero-order valence-corrected chi connectivity index (χ0v) is 16.1. The fourth-order valence-corrected chi connectivity index (χ4v) is 2.92. The number of hydrogen-bond donors (Lipinski definition) is 1. The molecule has 2 rings (SSSR count). The van der Waals surface area contributed by atoms with Crippen LogP contribution in [0, 0.1) is 13.8 Å². The number of ether oxygens (including phenoxy) is 2. The van der Waals surface area contributed by atoms with E-state index < -0.39 is 0 Å². The summed E-state index contributed by atoms with van der Waals surface area (Å²) in [5.41, 5.74) is 2.37. The van der Waals surface area contributed by atoms with Crippen LogP contribution in [0.2, 0.25) is 5.02 Å². The molecule has 1 N–H and O–H groups in total. The number of aromatic nitrogens is 2. The lowest BCUT2D eigenvalue weighted by molar-refractivity contribution is 0.326. The van der Waals surface area contributed by atoms with Gasteiger partial charge in [-0.15, -0.1) is 0 Å². The molecular weight excluding hydrogens is 354 g/mol. The van der Waals surface area contributed by atoms with E-state index in [9.17, 15) is 4.79 Å². The standard InChI is InChI=1S/C19H24ClN3O3/c1-5-8-26-18-16(20)10-15(11-17(18)25-4)12-21-6-7-23-14(3)9-13(2)22-19(23)24/h5,9-11,21H,1,6-8,12H2,2-4H3.